The molecule has 1 aromatic rings. The van der Waals surface area contributed by atoms with Gasteiger partial charge in [0, 0.05) is 31.7 Å². The van der Waals surface area contributed by atoms with Crippen molar-refractivity contribution in [2.75, 3.05) is 18.5 Å². The van der Waals surface area contributed by atoms with E-state index in [0.29, 0.717) is 0 Å². The van der Waals surface area contributed by atoms with E-state index in [9.17, 15) is 0 Å². The number of anilines is 1. The van der Waals surface area contributed by atoms with Gasteiger partial charge in [-0.15, -0.1) is 0 Å². The van der Waals surface area contributed by atoms with Crippen molar-refractivity contribution in [2.24, 2.45) is 0 Å². The van der Waals surface area contributed by atoms with Crippen molar-refractivity contribution < 1.29 is 0 Å². The van der Waals surface area contributed by atoms with Crippen molar-refractivity contribution in [2.45, 2.75) is 18.8 Å². The maximum atomic E-state index is 6.56. The van der Waals surface area contributed by atoms with Crippen LogP contribution in [0.2, 0.25) is 0 Å². The molecule has 1 aliphatic carbocycles. The molecule has 0 bridgehead atoms. The number of hydrogen-bond acceptors (Lipinski definition) is 4. The minimum atomic E-state index is 0.193. The summed E-state index contributed by atoms with van der Waals surface area (Å²) >= 11 is 8.34. The van der Waals surface area contributed by atoms with E-state index in [-0.39, 0.29) is 5.50 Å². The number of rotatable bonds is 2. The molecule has 3 heterocycles. The monoisotopic (exact) mass is 381 g/mol. The number of nitrogens with zero attached hydrogens (tertiary/aromatic N) is 3. The van der Waals surface area contributed by atoms with Crippen LogP contribution in [-0.2, 0) is 6.42 Å². The van der Waals surface area contributed by atoms with Crippen LogP contribution < -0.4 is 4.90 Å². The minimum Gasteiger partial charge on any atom is -0.376 e. The number of likely N-dealkylation sites (N-methyl/N-ethyl adjacent to an activating group) is 1. The number of allylic oxidation sites excluding steroid dienone is 3. The smallest absolute Gasteiger partial charge is 0.163 e. The number of thioether (sulfide) groups is 1. The molecule has 3 nitrogen and oxygen atoms in total. The topological polar surface area (TPSA) is 9.72 Å². The molecule has 0 spiro atoms. The van der Waals surface area contributed by atoms with E-state index in [4.69, 9.17) is 11.6 Å². The van der Waals surface area contributed by atoms with Gasteiger partial charge in [-0.05, 0) is 65.4 Å². The fraction of sp³-hybridized carbons (Fsp3) is 0.238. The van der Waals surface area contributed by atoms with Crippen LogP contribution in [0.3, 0.4) is 0 Å². The molecule has 1 aromatic carbocycles. The van der Waals surface area contributed by atoms with Gasteiger partial charge in [0.25, 0.3) is 0 Å². The highest BCUT2D eigenvalue weighted by atomic mass is 35.5. The lowest BCUT2D eigenvalue weighted by Gasteiger charge is -2.28. The molecule has 4 aliphatic rings. The Morgan fingerprint density at radius 2 is 2.12 bits per heavy atom. The molecule has 0 aromatic heterocycles. The third kappa shape index (κ3) is 2.43. The highest BCUT2D eigenvalue weighted by Crippen LogP contribution is 2.44. The molecule has 0 amide bonds. The van der Waals surface area contributed by atoms with E-state index >= 15 is 0 Å². The largest absolute Gasteiger partial charge is 0.376 e. The second kappa shape index (κ2) is 6.00. The van der Waals surface area contributed by atoms with Gasteiger partial charge in [0.2, 0.25) is 0 Å². The maximum Gasteiger partial charge on any atom is 0.163 e. The zero-order valence-electron chi connectivity index (χ0n) is 14.8. The SMILES string of the molecule is CC1=C(C2=CC=CN(C)C2)c2cc(N3C(Cl)=CN4C=CSC43)ccc2C1. The average Bonchev–Trinajstić information content (AvgIpc) is 3.26. The molecule has 0 saturated carbocycles. The summed E-state index contributed by atoms with van der Waals surface area (Å²) in [6, 6.07) is 6.79. The van der Waals surface area contributed by atoms with Gasteiger partial charge < -0.3 is 14.7 Å². The number of benzene rings is 1. The van der Waals surface area contributed by atoms with E-state index < -0.39 is 0 Å². The van der Waals surface area contributed by atoms with Crippen molar-refractivity contribution in [1.29, 1.82) is 0 Å². The van der Waals surface area contributed by atoms with Crippen LogP contribution in [-0.4, -0.2) is 28.9 Å². The molecule has 1 atom stereocenters. The summed E-state index contributed by atoms with van der Waals surface area (Å²) in [5, 5.41) is 2.89. The number of hydrogen-bond donors (Lipinski definition) is 0. The molecule has 0 saturated heterocycles. The second-order valence-corrected chi connectivity index (χ2v) is 8.49. The molecule has 0 radical (unpaired) electrons. The summed E-state index contributed by atoms with van der Waals surface area (Å²) < 4.78 is 0. The summed E-state index contributed by atoms with van der Waals surface area (Å²) in [6.07, 6.45) is 11.6. The third-order valence-electron chi connectivity index (χ3n) is 5.30. The quantitative estimate of drug-likeness (QED) is 0.662. The van der Waals surface area contributed by atoms with E-state index in [1.165, 1.54) is 27.8 Å². The van der Waals surface area contributed by atoms with Gasteiger partial charge in [-0.3, -0.25) is 0 Å². The summed E-state index contributed by atoms with van der Waals surface area (Å²) in [4.78, 5) is 6.60. The average molecular weight is 382 g/mol. The number of fused-ring (bicyclic) bond motifs is 2. The fourth-order valence-corrected chi connectivity index (χ4v) is 5.50. The molecule has 3 aliphatic heterocycles. The minimum absolute atomic E-state index is 0.193. The van der Waals surface area contributed by atoms with Crippen molar-refractivity contribution in [3.8, 4) is 0 Å². The predicted molar refractivity (Wildman–Crippen MR) is 111 cm³/mol. The van der Waals surface area contributed by atoms with E-state index in [2.05, 4.69) is 76.8 Å². The van der Waals surface area contributed by atoms with Gasteiger partial charge in [-0.25, -0.2) is 0 Å². The zero-order chi connectivity index (χ0) is 17.8. The Hall–Kier alpha value is -2.04. The van der Waals surface area contributed by atoms with Crippen molar-refractivity contribution in [3.05, 3.63) is 81.8 Å². The van der Waals surface area contributed by atoms with Crippen LogP contribution in [0.15, 0.2) is 70.7 Å². The molecule has 26 heavy (non-hydrogen) atoms. The van der Waals surface area contributed by atoms with E-state index in [0.717, 1.165) is 23.8 Å². The standard InChI is InChI=1S/C21H20ClN3S/c1-14-10-15-5-6-17(25-19(22)13-24-8-9-26-21(24)25)11-18(15)20(14)16-4-3-7-23(2)12-16/h3-9,11,13,21H,10,12H2,1-2H3. The Labute approximate surface area is 163 Å². The molecule has 1 unspecified atom stereocenters. The van der Waals surface area contributed by atoms with Gasteiger partial charge in [-0.1, -0.05) is 41.1 Å². The first-order valence-corrected chi connectivity index (χ1v) is 10.1. The molecule has 0 fully saturated rings. The van der Waals surface area contributed by atoms with E-state index in [1.54, 1.807) is 11.8 Å². The van der Waals surface area contributed by atoms with Gasteiger partial charge in [0.1, 0.15) is 5.16 Å². The molecular weight excluding hydrogens is 362 g/mol. The van der Waals surface area contributed by atoms with Crippen molar-refractivity contribution >= 4 is 34.6 Å². The molecule has 5 rings (SSSR count). The lowest BCUT2D eigenvalue weighted by atomic mass is 9.95. The van der Waals surface area contributed by atoms with Crippen LogP contribution in [0, 0.1) is 0 Å². The molecule has 0 N–H and O–H groups in total. The van der Waals surface area contributed by atoms with Crippen LogP contribution in [0.25, 0.3) is 5.57 Å². The first-order chi connectivity index (χ1) is 12.6. The summed E-state index contributed by atoms with van der Waals surface area (Å²) in [5.41, 5.74) is 8.37. The number of halogens is 1. The Bertz CT molecular complexity index is 941. The van der Waals surface area contributed by atoms with Gasteiger partial charge in [0.05, 0.1) is 0 Å². The lowest BCUT2D eigenvalue weighted by molar-refractivity contribution is 0.496. The molecule has 5 heteroatoms. The Morgan fingerprint density at radius 3 is 2.96 bits per heavy atom. The fourth-order valence-electron chi connectivity index (χ4n) is 4.16. The molecule has 132 valence electrons. The normalized spacial score (nSPS) is 23.7. The van der Waals surface area contributed by atoms with Crippen LogP contribution in [0.1, 0.15) is 18.1 Å². The van der Waals surface area contributed by atoms with Gasteiger partial charge in [0.15, 0.2) is 5.50 Å². The summed E-state index contributed by atoms with van der Waals surface area (Å²) in [6.45, 7) is 3.21. The van der Waals surface area contributed by atoms with Gasteiger partial charge >= 0.3 is 0 Å². The van der Waals surface area contributed by atoms with E-state index in [1.807, 2.05) is 6.20 Å². The Balaban J connectivity index is 1.55. The lowest BCUT2D eigenvalue weighted by Crippen LogP contribution is -2.31. The van der Waals surface area contributed by atoms with Crippen LogP contribution in [0.5, 0.6) is 0 Å². The Morgan fingerprint density at radius 1 is 1.23 bits per heavy atom. The highest BCUT2D eigenvalue weighted by Gasteiger charge is 2.35. The molecular formula is C21H20ClN3S. The van der Waals surface area contributed by atoms with Gasteiger partial charge in [-0.2, -0.15) is 0 Å². The predicted octanol–water partition coefficient (Wildman–Crippen LogP) is 5.06. The summed E-state index contributed by atoms with van der Waals surface area (Å²) in [5.74, 6) is 0. The van der Waals surface area contributed by atoms with Crippen molar-refractivity contribution in [1.82, 2.24) is 9.80 Å². The first kappa shape index (κ1) is 16.2. The Kier molecular flexibility index (Phi) is 3.73. The maximum absolute atomic E-state index is 6.56. The van der Waals surface area contributed by atoms with Crippen molar-refractivity contribution in [3.63, 3.8) is 0 Å². The highest BCUT2D eigenvalue weighted by molar-refractivity contribution is 8.03. The summed E-state index contributed by atoms with van der Waals surface area (Å²) in [7, 11) is 2.12. The zero-order valence-corrected chi connectivity index (χ0v) is 16.4. The van der Waals surface area contributed by atoms with Crippen LogP contribution >= 0.6 is 23.4 Å². The first-order valence-electron chi connectivity index (χ1n) is 8.79. The third-order valence-corrected chi connectivity index (χ3v) is 6.55. The second-order valence-electron chi connectivity index (χ2n) is 7.14. The van der Waals surface area contributed by atoms with Crippen LogP contribution in [0.4, 0.5) is 5.69 Å².